The highest BCUT2D eigenvalue weighted by Crippen LogP contribution is 2.26. The van der Waals surface area contributed by atoms with E-state index in [-0.39, 0.29) is 23.9 Å². The molecule has 1 N–H and O–H groups in total. The van der Waals surface area contributed by atoms with E-state index in [2.05, 4.69) is 17.0 Å². The summed E-state index contributed by atoms with van der Waals surface area (Å²) >= 11 is 0. The Balaban J connectivity index is 1.25. The van der Waals surface area contributed by atoms with Crippen molar-refractivity contribution in [1.82, 2.24) is 28.8 Å². The van der Waals surface area contributed by atoms with Gasteiger partial charge in [0.1, 0.15) is 6.33 Å². The summed E-state index contributed by atoms with van der Waals surface area (Å²) in [6, 6.07) is 11.8. The number of benzene rings is 1. The molecule has 0 unspecified atom stereocenters. The number of likely N-dealkylation sites (tertiary alicyclic amines) is 1. The maximum Gasteiger partial charge on any atom is 0.262 e. The first kappa shape index (κ1) is 23.0. The van der Waals surface area contributed by atoms with Crippen LogP contribution in [0.2, 0.25) is 0 Å². The van der Waals surface area contributed by atoms with Crippen molar-refractivity contribution in [3.8, 4) is 5.69 Å². The molecule has 0 spiro atoms. The highest BCUT2D eigenvalue weighted by atomic mass is 16.3. The van der Waals surface area contributed by atoms with Crippen LogP contribution in [-0.2, 0) is 18.4 Å². The third-order valence-corrected chi connectivity index (χ3v) is 7.00. The predicted octanol–water partition coefficient (Wildman–Crippen LogP) is 2.47. The lowest BCUT2D eigenvalue weighted by Crippen LogP contribution is -2.49. The summed E-state index contributed by atoms with van der Waals surface area (Å²) in [6.07, 6.45) is 8.13. The SMILES string of the molecule is C[C@H](CC(=O)N1CCC(O)(Cn2cnc3c(ccn3-c3cnn(C)c3)c2=O)CC1)c1ccccc1. The minimum atomic E-state index is -1.06. The first-order valence-corrected chi connectivity index (χ1v) is 11.9. The van der Waals surface area contributed by atoms with Gasteiger partial charge in [-0.1, -0.05) is 37.3 Å². The summed E-state index contributed by atoms with van der Waals surface area (Å²) < 4.78 is 4.99. The minimum Gasteiger partial charge on any atom is -0.388 e. The lowest BCUT2D eigenvalue weighted by atomic mass is 9.90. The Labute approximate surface area is 203 Å². The molecular formula is C26H30N6O3. The number of carbonyl (C=O) groups is 1. The zero-order valence-electron chi connectivity index (χ0n) is 20.0. The molecule has 4 aromatic rings. The number of carbonyl (C=O) groups excluding carboxylic acids is 1. The van der Waals surface area contributed by atoms with E-state index in [1.165, 1.54) is 10.9 Å². The van der Waals surface area contributed by atoms with Crippen LogP contribution in [0.3, 0.4) is 0 Å². The van der Waals surface area contributed by atoms with Gasteiger partial charge in [-0.15, -0.1) is 0 Å². The number of aromatic nitrogens is 5. The van der Waals surface area contributed by atoms with Crippen LogP contribution in [-0.4, -0.2) is 58.5 Å². The molecule has 0 radical (unpaired) electrons. The fourth-order valence-corrected chi connectivity index (χ4v) is 4.85. The Kier molecular flexibility index (Phi) is 6.02. The molecule has 182 valence electrons. The number of hydrogen-bond donors (Lipinski definition) is 1. The van der Waals surface area contributed by atoms with Crippen LogP contribution >= 0.6 is 0 Å². The van der Waals surface area contributed by atoms with Gasteiger partial charge in [0.25, 0.3) is 5.56 Å². The molecule has 1 atom stereocenters. The van der Waals surface area contributed by atoms with Gasteiger partial charge in [0.15, 0.2) is 5.65 Å². The van der Waals surface area contributed by atoms with E-state index in [1.54, 1.807) is 23.1 Å². The minimum absolute atomic E-state index is 0.0976. The van der Waals surface area contributed by atoms with Crippen molar-refractivity contribution in [3.63, 3.8) is 0 Å². The first-order chi connectivity index (χ1) is 16.8. The molecule has 35 heavy (non-hydrogen) atoms. The number of rotatable bonds is 6. The van der Waals surface area contributed by atoms with Gasteiger partial charge >= 0.3 is 0 Å². The Morgan fingerprint density at radius 1 is 1.17 bits per heavy atom. The number of amides is 1. The molecule has 1 saturated heterocycles. The molecule has 5 rings (SSSR count). The molecule has 1 aliphatic rings. The van der Waals surface area contributed by atoms with E-state index in [9.17, 15) is 14.7 Å². The fraction of sp³-hybridized carbons (Fsp3) is 0.385. The molecule has 3 aromatic heterocycles. The maximum absolute atomic E-state index is 13.1. The molecule has 1 aromatic carbocycles. The van der Waals surface area contributed by atoms with E-state index in [0.717, 1.165) is 11.3 Å². The summed E-state index contributed by atoms with van der Waals surface area (Å²) in [5.41, 5.74) is 1.27. The van der Waals surface area contributed by atoms with Crippen LogP contribution in [0.25, 0.3) is 16.7 Å². The third-order valence-electron chi connectivity index (χ3n) is 7.00. The van der Waals surface area contributed by atoms with Gasteiger partial charge < -0.3 is 10.0 Å². The highest BCUT2D eigenvalue weighted by molar-refractivity contribution is 5.77. The quantitative estimate of drug-likeness (QED) is 0.463. The second-order valence-electron chi connectivity index (χ2n) is 9.59. The molecule has 4 heterocycles. The topological polar surface area (TPSA) is 98.2 Å². The molecule has 1 amide bonds. The van der Waals surface area contributed by atoms with Crippen molar-refractivity contribution in [2.75, 3.05) is 13.1 Å². The largest absolute Gasteiger partial charge is 0.388 e. The average molecular weight is 475 g/mol. The van der Waals surface area contributed by atoms with Gasteiger partial charge in [-0.2, -0.15) is 5.10 Å². The standard InChI is InChI=1S/C26H30N6O3/c1-19(20-6-4-3-5-7-20)14-23(33)30-12-9-26(35,10-13-30)17-31-18-27-24-22(25(31)34)8-11-32(24)21-15-28-29(2)16-21/h3-8,11,15-16,18-19,35H,9-10,12-14,17H2,1-2H3/t19-/m1/s1. The number of aliphatic hydroxyl groups is 1. The zero-order valence-corrected chi connectivity index (χ0v) is 20.0. The van der Waals surface area contributed by atoms with Crippen molar-refractivity contribution < 1.29 is 9.90 Å². The first-order valence-electron chi connectivity index (χ1n) is 11.9. The van der Waals surface area contributed by atoms with Gasteiger partial charge in [0.05, 0.1) is 29.4 Å². The summed E-state index contributed by atoms with van der Waals surface area (Å²) in [5, 5.41) is 15.9. The molecule has 9 heteroatoms. The average Bonchev–Trinajstić information content (AvgIpc) is 3.48. The molecule has 9 nitrogen and oxygen atoms in total. The van der Waals surface area contributed by atoms with E-state index in [4.69, 9.17) is 0 Å². The van der Waals surface area contributed by atoms with E-state index in [0.29, 0.717) is 43.4 Å². The number of nitrogens with zero attached hydrogens (tertiary/aromatic N) is 6. The smallest absolute Gasteiger partial charge is 0.262 e. The zero-order chi connectivity index (χ0) is 24.6. The molecule has 0 bridgehead atoms. The van der Waals surface area contributed by atoms with Crippen molar-refractivity contribution in [3.05, 3.63) is 77.2 Å². The summed E-state index contributed by atoms with van der Waals surface area (Å²) in [6.45, 7) is 3.15. The van der Waals surface area contributed by atoms with Gasteiger partial charge in [-0.25, -0.2) is 4.98 Å². The lowest BCUT2D eigenvalue weighted by Gasteiger charge is -2.38. The normalized spacial score (nSPS) is 16.5. The van der Waals surface area contributed by atoms with Crippen LogP contribution in [0.15, 0.2) is 66.1 Å². The fourth-order valence-electron chi connectivity index (χ4n) is 4.85. The van der Waals surface area contributed by atoms with Crippen LogP contribution in [0, 0.1) is 0 Å². The Bertz CT molecular complexity index is 1400. The molecule has 0 saturated carbocycles. The van der Waals surface area contributed by atoms with E-state index in [1.807, 2.05) is 53.0 Å². The van der Waals surface area contributed by atoms with Crippen LogP contribution < -0.4 is 5.56 Å². The van der Waals surface area contributed by atoms with Gasteiger partial charge in [-0.3, -0.25) is 23.4 Å². The van der Waals surface area contributed by atoms with E-state index < -0.39 is 5.60 Å². The van der Waals surface area contributed by atoms with Crippen molar-refractivity contribution >= 4 is 16.9 Å². The van der Waals surface area contributed by atoms with Crippen LogP contribution in [0.5, 0.6) is 0 Å². The van der Waals surface area contributed by atoms with Crippen molar-refractivity contribution in [2.45, 2.75) is 44.2 Å². The van der Waals surface area contributed by atoms with Crippen molar-refractivity contribution in [2.24, 2.45) is 7.05 Å². The number of hydrogen-bond acceptors (Lipinski definition) is 5. The Morgan fingerprint density at radius 2 is 1.91 bits per heavy atom. The molecule has 1 fully saturated rings. The number of fused-ring (bicyclic) bond motifs is 1. The summed E-state index contributed by atoms with van der Waals surface area (Å²) in [4.78, 5) is 32.3. The Hall–Kier alpha value is -3.72. The third kappa shape index (κ3) is 4.64. The number of piperidine rings is 1. The second kappa shape index (κ2) is 9.14. The number of aryl methyl sites for hydroxylation is 1. The lowest BCUT2D eigenvalue weighted by molar-refractivity contribution is -0.136. The summed E-state index contributed by atoms with van der Waals surface area (Å²) in [7, 11) is 1.83. The highest BCUT2D eigenvalue weighted by Gasteiger charge is 2.35. The van der Waals surface area contributed by atoms with Gasteiger partial charge in [0, 0.05) is 39.0 Å². The summed E-state index contributed by atoms with van der Waals surface area (Å²) in [5.74, 6) is 0.236. The van der Waals surface area contributed by atoms with Gasteiger partial charge in [0.2, 0.25) is 5.91 Å². The van der Waals surface area contributed by atoms with Crippen LogP contribution in [0.4, 0.5) is 0 Å². The monoisotopic (exact) mass is 474 g/mol. The Morgan fingerprint density at radius 3 is 2.60 bits per heavy atom. The molecule has 1 aliphatic heterocycles. The van der Waals surface area contributed by atoms with Crippen LogP contribution in [0.1, 0.15) is 37.7 Å². The maximum atomic E-state index is 13.1. The second-order valence-corrected chi connectivity index (χ2v) is 9.59. The van der Waals surface area contributed by atoms with E-state index >= 15 is 0 Å². The predicted molar refractivity (Wildman–Crippen MR) is 132 cm³/mol. The molecule has 0 aliphatic carbocycles. The van der Waals surface area contributed by atoms with Crippen molar-refractivity contribution in [1.29, 1.82) is 0 Å². The van der Waals surface area contributed by atoms with Gasteiger partial charge in [-0.05, 0) is 30.4 Å². The molecular weight excluding hydrogens is 444 g/mol.